The molecule has 3 N–H and O–H groups in total. The average molecular weight is 404 g/mol. The van der Waals surface area contributed by atoms with Crippen molar-refractivity contribution < 1.29 is 19.1 Å². The van der Waals surface area contributed by atoms with E-state index in [9.17, 15) is 9.90 Å². The van der Waals surface area contributed by atoms with Crippen molar-refractivity contribution in [2.45, 2.75) is 65.3 Å². The van der Waals surface area contributed by atoms with Crippen molar-refractivity contribution in [3.05, 3.63) is 53.7 Å². The van der Waals surface area contributed by atoms with Gasteiger partial charge in [0.25, 0.3) is 0 Å². The van der Waals surface area contributed by atoms with E-state index in [4.69, 9.17) is 9.15 Å². The van der Waals surface area contributed by atoms with Crippen molar-refractivity contribution >= 4 is 6.09 Å². The average Bonchev–Trinajstić information content (AvgIpc) is 3.09. The van der Waals surface area contributed by atoms with Crippen LogP contribution in [-0.4, -0.2) is 34.4 Å². The summed E-state index contributed by atoms with van der Waals surface area (Å²) in [5.41, 5.74) is 0.454. The summed E-state index contributed by atoms with van der Waals surface area (Å²) in [7, 11) is 0. The fourth-order valence-corrected chi connectivity index (χ4v) is 2.81. The monoisotopic (exact) mass is 403 g/mol. The normalized spacial score (nSPS) is 13.9. The molecule has 1 amide bonds. The van der Waals surface area contributed by atoms with Crippen LogP contribution < -0.4 is 10.6 Å². The summed E-state index contributed by atoms with van der Waals surface area (Å²) < 4.78 is 11.3. The van der Waals surface area contributed by atoms with Crippen LogP contribution in [0.2, 0.25) is 0 Å². The molecule has 0 aliphatic rings. The summed E-state index contributed by atoms with van der Waals surface area (Å²) in [4.78, 5) is 16.7. The minimum atomic E-state index is -0.594. The maximum atomic E-state index is 12.3. The highest BCUT2D eigenvalue weighted by Gasteiger charge is 2.24. The lowest BCUT2D eigenvalue weighted by molar-refractivity contribution is 0.0495. The van der Waals surface area contributed by atoms with Crippen LogP contribution in [0.5, 0.6) is 0 Å². The number of amides is 1. The lowest BCUT2D eigenvalue weighted by atomic mass is 10.1. The number of carbonyl (C=O) groups excluding carboxylic acids is 1. The van der Waals surface area contributed by atoms with Gasteiger partial charge in [-0.3, -0.25) is 0 Å². The SMILES string of the molecule is CC(C)[C@@H](CO)NCc1cnc([C@H](Cc2ccccc2)NC(=O)OC(C)(C)C)o1. The Bertz CT molecular complexity index is 753. The number of hydrogen-bond acceptors (Lipinski definition) is 6. The number of oxazole rings is 1. The van der Waals surface area contributed by atoms with E-state index in [2.05, 4.69) is 15.6 Å². The van der Waals surface area contributed by atoms with Crippen LogP contribution in [0.15, 0.2) is 40.9 Å². The molecule has 0 radical (unpaired) electrons. The highest BCUT2D eigenvalue weighted by atomic mass is 16.6. The van der Waals surface area contributed by atoms with Gasteiger partial charge in [-0.1, -0.05) is 44.2 Å². The van der Waals surface area contributed by atoms with Crippen LogP contribution in [-0.2, 0) is 17.7 Å². The fourth-order valence-electron chi connectivity index (χ4n) is 2.81. The molecule has 0 unspecified atom stereocenters. The second kappa shape index (κ2) is 10.4. The predicted molar refractivity (Wildman–Crippen MR) is 111 cm³/mol. The minimum Gasteiger partial charge on any atom is -0.444 e. The Morgan fingerprint density at radius 2 is 1.93 bits per heavy atom. The molecule has 7 nitrogen and oxygen atoms in total. The molecule has 1 aromatic carbocycles. The van der Waals surface area contributed by atoms with Crippen molar-refractivity contribution in [2.24, 2.45) is 5.92 Å². The molecular formula is C22H33N3O4. The number of rotatable bonds is 9. The highest BCUT2D eigenvalue weighted by molar-refractivity contribution is 5.68. The molecule has 0 aliphatic carbocycles. The topological polar surface area (TPSA) is 96.6 Å². The second-order valence-corrected chi connectivity index (χ2v) is 8.47. The van der Waals surface area contributed by atoms with Crippen LogP contribution in [0.25, 0.3) is 0 Å². The summed E-state index contributed by atoms with van der Waals surface area (Å²) in [6.07, 6.45) is 1.65. The Morgan fingerprint density at radius 3 is 2.52 bits per heavy atom. The molecule has 1 heterocycles. The Morgan fingerprint density at radius 1 is 1.24 bits per heavy atom. The van der Waals surface area contributed by atoms with Gasteiger partial charge in [-0.15, -0.1) is 0 Å². The number of aliphatic hydroxyl groups excluding tert-OH is 1. The summed E-state index contributed by atoms with van der Waals surface area (Å²) >= 11 is 0. The molecule has 2 rings (SSSR count). The maximum absolute atomic E-state index is 12.3. The third-order valence-corrected chi connectivity index (χ3v) is 4.38. The van der Waals surface area contributed by atoms with Crippen LogP contribution in [0.3, 0.4) is 0 Å². The third-order valence-electron chi connectivity index (χ3n) is 4.38. The van der Waals surface area contributed by atoms with Gasteiger partial charge in [0.05, 0.1) is 19.3 Å². The van der Waals surface area contributed by atoms with Gasteiger partial charge in [-0.2, -0.15) is 0 Å². The highest BCUT2D eigenvalue weighted by Crippen LogP contribution is 2.20. The quantitative estimate of drug-likeness (QED) is 0.592. The number of hydrogen-bond donors (Lipinski definition) is 3. The number of aromatic nitrogens is 1. The van der Waals surface area contributed by atoms with Gasteiger partial charge < -0.3 is 24.9 Å². The van der Waals surface area contributed by atoms with Gasteiger partial charge in [0.15, 0.2) is 0 Å². The van der Waals surface area contributed by atoms with Gasteiger partial charge in [-0.05, 0) is 32.3 Å². The Balaban J connectivity index is 2.11. The zero-order valence-corrected chi connectivity index (χ0v) is 17.9. The van der Waals surface area contributed by atoms with Crippen LogP contribution in [0.1, 0.15) is 57.9 Å². The number of nitrogens with zero attached hydrogens (tertiary/aromatic N) is 1. The van der Waals surface area contributed by atoms with Crippen LogP contribution in [0, 0.1) is 5.92 Å². The number of alkyl carbamates (subject to hydrolysis) is 1. The van der Waals surface area contributed by atoms with E-state index in [1.807, 2.05) is 65.0 Å². The predicted octanol–water partition coefficient (Wildman–Crippen LogP) is 3.59. The molecule has 7 heteroatoms. The van der Waals surface area contributed by atoms with Crippen LogP contribution >= 0.6 is 0 Å². The summed E-state index contributed by atoms with van der Waals surface area (Å²) in [6, 6.07) is 9.34. The minimum absolute atomic E-state index is 0.0245. The van der Waals surface area contributed by atoms with E-state index in [0.717, 1.165) is 5.56 Å². The number of nitrogens with one attached hydrogen (secondary N) is 2. The Labute approximate surface area is 172 Å². The zero-order valence-electron chi connectivity index (χ0n) is 17.9. The second-order valence-electron chi connectivity index (χ2n) is 8.47. The lowest BCUT2D eigenvalue weighted by Gasteiger charge is -2.22. The molecule has 0 spiro atoms. The number of carbonyl (C=O) groups is 1. The van der Waals surface area contributed by atoms with E-state index < -0.39 is 17.7 Å². The van der Waals surface area contributed by atoms with E-state index in [1.54, 1.807) is 6.20 Å². The molecule has 0 saturated carbocycles. The molecule has 29 heavy (non-hydrogen) atoms. The lowest BCUT2D eigenvalue weighted by Crippen LogP contribution is -2.36. The van der Waals surface area contributed by atoms with Crippen molar-refractivity contribution in [1.82, 2.24) is 15.6 Å². The third kappa shape index (κ3) is 7.87. The fraction of sp³-hybridized carbons (Fsp3) is 0.545. The zero-order chi connectivity index (χ0) is 21.4. The Kier molecular flexibility index (Phi) is 8.22. The van der Waals surface area contributed by atoms with Crippen LogP contribution in [0.4, 0.5) is 4.79 Å². The van der Waals surface area contributed by atoms with Gasteiger partial charge >= 0.3 is 6.09 Å². The van der Waals surface area contributed by atoms with E-state index in [1.165, 1.54) is 0 Å². The Hall–Kier alpha value is -2.38. The first-order chi connectivity index (χ1) is 13.7. The van der Waals surface area contributed by atoms with Crippen molar-refractivity contribution in [3.63, 3.8) is 0 Å². The first-order valence-electron chi connectivity index (χ1n) is 10.00. The van der Waals surface area contributed by atoms with Gasteiger partial charge in [0, 0.05) is 12.5 Å². The number of aliphatic hydroxyl groups is 1. The molecule has 1 aromatic heterocycles. The molecule has 0 fully saturated rings. The summed E-state index contributed by atoms with van der Waals surface area (Å²) in [5.74, 6) is 1.35. The first kappa shape index (κ1) is 22.9. The van der Waals surface area contributed by atoms with Crippen molar-refractivity contribution in [2.75, 3.05) is 6.61 Å². The maximum Gasteiger partial charge on any atom is 0.408 e. The van der Waals surface area contributed by atoms with Gasteiger partial charge in [0.2, 0.25) is 5.89 Å². The van der Waals surface area contributed by atoms with E-state index >= 15 is 0 Å². The molecule has 160 valence electrons. The molecule has 0 bridgehead atoms. The largest absolute Gasteiger partial charge is 0.444 e. The van der Waals surface area contributed by atoms with E-state index in [0.29, 0.717) is 30.5 Å². The number of ether oxygens (including phenoxy) is 1. The van der Waals surface area contributed by atoms with Gasteiger partial charge in [-0.25, -0.2) is 9.78 Å². The van der Waals surface area contributed by atoms with Crippen molar-refractivity contribution in [1.29, 1.82) is 0 Å². The standard InChI is InChI=1S/C22H33N3O4/c1-15(2)19(14-26)23-12-17-13-24-20(28-17)18(11-16-9-7-6-8-10-16)25-21(27)29-22(3,4)5/h6-10,13,15,18-19,23,26H,11-12,14H2,1-5H3,(H,25,27)/t18-,19+/m0/s1. The molecular weight excluding hydrogens is 370 g/mol. The van der Waals surface area contributed by atoms with Gasteiger partial charge in [0.1, 0.15) is 17.4 Å². The van der Waals surface area contributed by atoms with E-state index in [-0.39, 0.29) is 12.6 Å². The number of benzene rings is 1. The molecule has 0 aliphatic heterocycles. The molecule has 2 aromatic rings. The molecule has 0 saturated heterocycles. The summed E-state index contributed by atoms with van der Waals surface area (Å²) in [6.45, 7) is 10.0. The van der Waals surface area contributed by atoms with Crippen molar-refractivity contribution in [3.8, 4) is 0 Å². The first-order valence-corrected chi connectivity index (χ1v) is 10.00. The molecule has 2 atom stereocenters. The smallest absolute Gasteiger partial charge is 0.408 e. The summed E-state index contributed by atoms with van der Waals surface area (Å²) in [5, 5.41) is 15.6.